The van der Waals surface area contributed by atoms with Crippen molar-refractivity contribution in [2.45, 2.75) is 19.3 Å². The summed E-state index contributed by atoms with van der Waals surface area (Å²) in [6.45, 7) is 2.13. The quantitative estimate of drug-likeness (QED) is 0.793. The highest BCUT2D eigenvalue weighted by Crippen LogP contribution is 2.29. The van der Waals surface area contributed by atoms with Gasteiger partial charge < -0.3 is 4.90 Å². The summed E-state index contributed by atoms with van der Waals surface area (Å²) in [5, 5.41) is 8.42. The topological polar surface area (TPSA) is 53.7 Å². The van der Waals surface area contributed by atoms with Crippen molar-refractivity contribution in [3.8, 4) is 0 Å². The summed E-state index contributed by atoms with van der Waals surface area (Å²) in [5.74, 6) is 1.27. The Balaban J connectivity index is 1.84. The SMILES string of the molecule is c1ccc(N=Nc2ncccc2N2CCCCC2)nc1. The third-order valence-corrected chi connectivity index (χ3v) is 3.36. The summed E-state index contributed by atoms with van der Waals surface area (Å²) in [4.78, 5) is 10.8. The van der Waals surface area contributed by atoms with Gasteiger partial charge in [-0.3, -0.25) is 0 Å². The number of aromatic nitrogens is 2. The first-order chi connectivity index (χ1) is 9.93. The molecule has 0 aliphatic carbocycles. The van der Waals surface area contributed by atoms with E-state index in [1.54, 1.807) is 12.4 Å². The number of pyridine rings is 2. The van der Waals surface area contributed by atoms with E-state index < -0.39 is 0 Å². The molecule has 0 N–H and O–H groups in total. The molecule has 20 heavy (non-hydrogen) atoms. The Morgan fingerprint density at radius 3 is 2.50 bits per heavy atom. The predicted octanol–water partition coefficient (Wildman–Crippen LogP) is 3.88. The van der Waals surface area contributed by atoms with Gasteiger partial charge in [0.15, 0.2) is 11.6 Å². The number of rotatable bonds is 3. The van der Waals surface area contributed by atoms with Crippen LogP contribution in [0.4, 0.5) is 17.3 Å². The average molecular weight is 267 g/mol. The van der Waals surface area contributed by atoms with Gasteiger partial charge in [-0.25, -0.2) is 9.97 Å². The Labute approximate surface area is 118 Å². The van der Waals surface area contributed by atoms with E-state index in [-0.39, 0.29) is 0 Å². The first-order valence-corrected chi connectivity index (χ1v) is 6.96. The van der Waals surface area contributed by atoms with Crippen LogP contribution in [0.25, 0.3) is 0 Å². The third-order valence-electron chi connectivity index (χ3n) is 3.36. The predicted molar refractivity (Wildman–Crippen MR) is 78.7 cm³/mol. The van der Waals surface area contributed by atoms with E-state index in [1.165, 1.54) is 19.3 Å². The minimum Gasteiger partial charge on any atom is -0.368 e. The highest BCUT2D eigenvalue weighted by Gasteiger charge is 2.14. The second kappa shape index (κ2) is 6.23. The fourth-order valence-electron chi connectivity index (χ4n) is 2.36. The number of nitrogens with zero attached hydrogens (tertiary/aromatic N) is 5. The average Bonchev–Trinajstić information content (AvgIpc) is 2.55. The van der Waals surface area contributed by atoms with Crippen molar-refractivity contribution >= 4 is 17.3 Å². The molecule has 0 spiro atoms. The smallest absolute Gasteiger partial charge is 0.198 e. The molecule has 0 saturated carbocycles. The van der Waals surface area contributed by atoms with Gasteiger partial charge in [-0.05, 0) is 43.5 Å². The van der Waals surface area contributed by atoms with E-state index in [4.69, 9.17) is 0 Å². The standard InChI is InChI=1S/C15H17N5/c1-4-11-20(12-5-1)13-7-6-10-17-15(13)19-18-14-8-2-3-9-16-14/h2-3,6-10H,1,4-5,11-12H2. The van der Waals surface area contributed by atoms with Gasteiger partial charge >= 0.3 is 0 Å². The van der Waals surface area contributed by atoms with Crippen LogP contribution in [0.15, 0.2) is 53.0 Å². The Kier molecular flexibility index (Phi) is 3.96. The van der Waals surface area contributed by atoms with E-state index in [0.717, 1.165) is 18.8 Å². The Morgan fingerprint density at radius 1 is 0.850 bits per heavy atom. The Hall–Kier alpha value is -2.30. The minimum atomic E-state index is 0.600. The van der Waals surface area contributed by atoms with Crippen LogP contribution in [-0.4, -0.2) is 23.1 Å². The lowest BCUT2D eigenvalue weighted by molar-refractivity contribution is 0.577. The summed E-state index contributed by atoms with van der Waals surface area (Å²) >= 11 is 0. The fraction of sp³-hybridized carbons (Fsp3) is 0.333. The molecule has 2 aromatic heterocycles. The molecule has 102 valence electrons. The monoisotopic (exact) mass is 267 g/mol. The zero-order chi connectivity index (χ0) is 13.6. The third kappa shape index (κ3) is 2.99. The van der Waals surface area contributed by atoms with Gasteiger partial charge in [0.2, 0.25) is 0 Å². The summed E-state index contributed by atoms with van der Waals surface area (Å²) in [7, 11) is 0. The van der Waals surface area contributed by atoms with E-state index in [2.05, 4.69) is 31.2 Å². The molecule has 1 aliphatic rings. The van der Waals surface area contributed by atoms with E-state index in [9.17, 15) is 0 Å². The molecule has 0 radical (unpaired) electrons. The molecule has 0 aromatic carbocycles. The number of hydrogen-bond donors (Lipinski definition) is 0. The molecule has 2 aromatic rings. The molecule has 0 bridgehead atoms. The van der Waals surface area contributed by atoms with Gasteiger partial charge in [0.25, 0.3) is 0 Å². The summed E-state index contributed by atoms with van der Waals surface area (Å²) in [6.07, 6.45) is 7.22. The lowest BCUT2D eigenvalue weighted by atomic mass is 10.1. The first kappa shape index (κ1) is 12.7. The molecule has 3 rings (SSSR count). The number of piperidine rings is 1. The molecule has 5 heteroatoms. The van der Waals surface area contributed by atoms with Crippen LogP contribution in [0.3, 0.4) is 0 Å². The molecule has 1 fully saturated rings. The second-order valence-electron chi connectivity index (χ2n) is 4.78. The van der Waals surface area contributed by atoms with Crippen molar-refractivity contribution in [2.75, 3.05) is 18.0 Å². The van der Waals surface area contributed by atoms with Crippen LogP contribution in [-0.2, 0) is 0 Å². The molecule has 1 saturated heterocycles. The van der Waals surface area contributed by atoms with Gasteiger partial charge in [-0.1, -0.05) is 6.07 Å². The largest absolute Gasteiger partial charge is 0.368 e. The Morgan fingerprint density at radius 2 is 1.70 bits per heavy atom. The molecule has 0 atom stereocenters. The molecular formula is C15H17N5. The minimum absolute atomic E-state index is 0.600. The maximum absolute atomic E-state index is 4.34. The van der Waals surface area contributed by atoms with Crippen molar-refractivity contribution in [2.24, 2.45) is 10.2 Å². The van der Waals surface area contributed by atoms with Crippen LogP contribution in [0, 0.1) is 0 Å². The molecule has 0 unspecified atom stereocenters. The first-order valence-electron chi connectivity index (χ1n) is 6.96. The van der Waals surface area contributed by atoms with Gasteiger partial charge in [-0.2, -0.15) is 0 Å². The second-order valence-corrected chi connectivity index (χ2v) is 4.78. The van der Waals surface area contributed by atoms with Crippen molar-refractivity contribution in [1.29, 1.82) is 0 Å². The maximum atomic E-state index is 4.34. The van der Waals surface area contributed by atoms with Crippen LogP contribution in [0.1, 0.15) is 19.3 Å². The summed E-state index contributed by atoms with van der Waals surface area (Å²) in [6, 6.07) is 9.59. The zero-order valence-corrected chi connectivity index (χ0v) is 11.3. The van der Waals surface area contributed by atoms with Crippen molar-refractivity contribution < 1.29 is 0 Å². The zero-order valence-electron chi connectivity index (χ0n) is 11.3. The molecule has 1 aliphatic heterocycles. The number of azo groups is 1. The lowest BCUT2D eigenvalue weighted by Gasteiger charge is -2.28. The number of anilines is 1. The van der Waals surface area contributed by atoms with Crippen LogP contribution < -0.4 is 4.90 Å². The van der Waals surface area contributed by atoms with E-state index >= 15 is 0 Å². The number of hydrogen-bond acceptors (Lipinski definition) is 5. The van der Waals surface area contributed by atoms with E-state index in [0.29, 0.717) is 11.6 Å². The fourth-order valence-corrected chi connectivity index (χ4v) is 2.36. The van der Waals surface area contributed by atoms with Gasteiger partial charge in [0.05, 0.1) is 5.69 Å². The maximum Gasteiger partial charge on any atom is 0.198 e. The normalized spacial score (nSPS) is 15.7. The van der Waals surface area contributed by atoms with Gasteiger partial charge in [0.1, 0.15) is 0 Å². The highest BCUT2D eigenvalue weighted by atomic mass is 15.2. The summed E-state index contributed by atoms with van der Waals surface area (Å²) < 4.78 is 0. The van der Waals surface area contributed by atoms with Crippen LogP contribution in [0.2, 0.25) is 0 Å². The molecule has 5 nitrogen and oxygen atoms in total. The van der Waals surface area contributed by atoms with Gasteiger partial charge in [0, 0.05) is 25.5 Å². The van der Waals surface area contributed by atoms with Crippen molar-refractivity contribution in [3.05, 3.63) is 42.7 Å². The summed E-state index contributed by atoms with van der Waals surface area (Å²) in [5.41, 5.74) is 1.06. The molecule has 3 heterocycles. The highest BCUT2D eigenvalue weighted by molar-refractivity contribution is 5.62. The van der Waals surface area contributed by atoms with E-state index in [1.807, 2.05) is 24.3 Å². The van der Waals surface area contributed by atoms with Crippen LogP contribution >= 0.6 is 0 Å². The Bertz CT molecular complexity index is 576. The van der Waals surface area contributed by atoms with Crippen molar-refractivity contribution in [3.63, 3.8) is 0 Å². The van der Waals surface area contributed by atoms with Crippen LogP contribution in [0.5, 0.6) is 0 Å². The van der Waals surface area contributed by atoms with Crippen molar-refractivity contribution in [1.82, 2.24) is 9.97 Å². The lowest BCUT2D eigenvalue weighted by Crippen LogP contribution is -2.29. The van der Waals surface area contributed by atoms with Gasteiger partial charge in [-0.15, -0.1) is 10.2 Å². The molecular weight excluding hydrogens is 250 g/mol. The molecule has 0 amide bonds.